The summed E-state index contributed by atoms with van der Waals surface area (Å²) >= 11 is 0. The molecular weight excluding hydrogens is 624 g/mol. The number of nitrogens with one attached hydrogen (secondary N) is 2. The van der Waals surface area contributed by atoms with Crippen LogP contribution in [0.1, 0.15) is 168 Å². The Bertz CT molecular complexity index is 862. The van der Waals surface area contributed by atoms with Crippen LogP contribution in [0.5, 0.6) is 0 Å². The van der Waals surface area contributed by atoms with E-state index in [0.717, 1.165) is 51.9 Å². The molecule has 0 unspecified atom stereocenters. The third-order valence-electron chi connectivity index (χ3n) is 9.48. The number of amides is 2. The molecule has 8 heteroatoms. The van der Waals surface area contributed by atoms with Crippen molar-refractivity contribution in [2.75, 3.05) is 64.1 Å². The van der Waals surface area contributed by atoms with Crippen LogP contribution in [-0.4, -0.2) is 75.5 Å². The topological polar surface area (TPSA) is 83.1 Å². The van der Waals surface area contributed by atoms with E-state index in [0.29, 0.717) is 24.6 Å². The number of anilines is 2. The van der Waals surface area contributed by atoms with Crippen LogP contribution >= 0.6 is 0 Å². The fraction of sp³-hybridized carbons (Fsp3) is 0.810. The number of hydrogen-bond acceptors (Lipinski definition) is 6. The predicted octanol–water partition coefficient (Wildman–Crippen LogP) is 12.0. The van der Waals surface area contributed by atoms with Crippen LogP contribution in [-0.2, 0) is 9.47 Å². The zero-order chi connectivity index (χ0) is 36.3. The highest BCUT2D eigenvalue weighted by molar-refractivity contribution is 5.88. The standard InChI is InChI=1S/C42H78N4O4/c1-5-7-9-11-13-15-17-19-21-23-32-45(3)34-25-27-36-49-41(47)43-39-30-29-31-40(38-39)44-42(48)50-37-28-26-35-46(4)33-24-22-20-18-16-14-12-10-8-6-2/h29-31,38H,5-28,32-37H2,1-4H3,(H,43,47)(H,44,48). The first-order valence-corrected chi connectivity index (χ1v) is 20.8. The molecule has 1 rings (SSSR count). The average Bonchev–Trinajstić information content (AvgIpc) is 3.09. The Morgan fingerprint density at radius 1 is 0.480 bits per heavy atom. The Balaban J connectivity index is 2.03. The summed E-state index contributed by atoms with van der Waals surface area (Å²) in [6.07, 6.45) is 29.9. The molecule has 0 aliphatic rings. The van der Waals surface area contributed by atoms with Gasteiger partial charge in [0, 0.05) is 11.4 Å². The normalized spacial score (nSPS) is 11.3. The molecule has 50 heavy (non-hydrogen) atoms. The summed E-state index contributed by atoms with van der Waals surface area (Å²) in [6.45, 7) is 9.61. The van der Waals surface area contributed by atoms with Crippen LogP contribution in [0.25, 0.3) is 0 Å². The summed E-state index contributed by atoms with van der Waals surface area (Å²) in [4.78, 5) is 29.4. The summed E-state index contributed by atoms with van der Waals surface area (Å²) in [7, 11) is 4.36. The van der Waals surface area contributed by atoms with Gasteiger partial charge < -0.3 is 19.3 Å². The molecule has 2 amide bonds. The molecular formula is C42H78N4O4. The maximum absolute atomic E-state index is 12.3. The van der Waals surface area contributed by atoms with Crippen molar-refractivity contribution >= 4 is 23.6 Å². The molecule has 0 atom stereocenters. The molecule has 0 aromatic heterocycles. The van der Waals surface area contributed by atoms with Crippen molar-refractivity contribution in [1.82, 2.24) is 9.80 Å². The van der Waals surface area contributed by atoms with Gasteiger partial charge in [-0.15, -0.1) is 0 Å². The molecule has 0 saturated heterocycles. The predicted molar refractivity (Wildman–Crippen MR) is 214 cm³/mol. The number of carbonyl (C=O) groups excluding carboxylic acids is 2. The molecule has 0 spiro atoms. The maximum atomic E-state index is 12.3. The molecule has 1 aromatic rings. The van der Waals surface area contributed by atoms with Gasteiger partial charge in [-0.2, -0.15) is 0 Å². The van der Waals surface area contributed by atoms with Crippen LogP contribution in [0.15, 0.2) is 24.3 Å². The van der Waals surface area contributed by atoms with Crippen molar-refractivity contribution in [3.05, 3.63) is 24.3 Å². The molecule has 0 heterocycles. The van der Waals surface area contributed by atoms with Gasteiger partial charge >= 0.3 is 12.2 Å². The number of nitrogens with zero attached hydrogens (tertiary/aromatic N) is 2. The van der Waals surface area contributed by atoms with Gasteiger partial charge in [0.25, 0.3) is 0 Å². The van der Waals surface area contributed by atoms with E-state index < -0.39 is 12.2 Å². The first kappa shape index (κ1) is 45.7. The zero-order valence-electron chi connectivity index (χ0n) is 33.1. The Morgan fingerprint density at radius 2 is 0.780 bits per heavy atom. The molecule has 0 saturated carbocycles. The van der Waals surface area contributed by atoms with E-state index >= 15 is 0 Å². The molecule has 0 bridgehead atoms. The zero-order valence-corrected chi connectivity index (χ0v) is 33.1. The highest BCUT2D eigenvalue weighted by atomic mass is 16.6. The van der Waals surface area contributed by atoms with Gasteiger partial charge in [-0.1, -0.05) is 135 Å². The molecule has 8 nitrogen and oxygen atoms in total. The highest BCUT2D eigenvalue weighted by Crippen LogP contribution is 2.16. The summed E-state index contributed by atoms with van der Waals surface area (Å²) in [5, 5.41) is 5.51. The second-order valence-electron chi connectivity index (χ2n) is 14.5. The lowest BCUT2D eigenvalue weighted by molar-refractivity contribution is 0.157. The number of hydrogen-bond donors (Lipinski definition) is 2. The SMILES string of the molecule is CCCCCCCCCCCCN(C)CCCCOC(=O)Nc1cccc(NC(=O)OCCCCN(C)CCCCCCCCCCCC)c1. The molecule has 290 valence electrons. The molecule has 0 fully saturated rings. The summed E-state index contributed by atoms with van der Waals surface area (Å²) in [5.74, 6) is 0. The minimum absolute atomic E-state index is 0.386. The van der Waals surface area contributed by atoms with E-state index in [9.17, 15) is 9.59 Å². The lowest BCUT2D eigenvalue weighted by Gasteiger charge is -2.16. The lowest BCUT2D eigenvalue weighted by atomic mass is 10.1. The highest BCUT2D eigenvalue weighted by Gasteiger charge is 2.08. The largest absolute Gasteiger partial charge is 0.449 e. The van der Waals surface area contributed by atoms with Crippen molar-refractivity contribution in [3.8, 4) is 0 Å². The second kappa shape index (κ2) is 33.8. The van der Waals surface area contributed by atoms with Crippen LogP contribution in [0, 0.1) is 0 Å². The first-order chi connectivity index (χ1) is 24.4. The lowest BCUT2D eigenvalue weighted by Crippen LogP contribution is -2.21. The minimum atomic E-state index is -0.485. The fourth-order valence-electron chi connectivity index (χ4n) is 6.24. The number of benzene rings is 1. The third kappa shape index (κ3) is 29.4. The molecule has 0 radical (unpaired) electrons. The fourth-order valence-corrected chi connectivity index (χ4v) is 6.24. The van der Waals surface area contributed by atoms with E-state index in [-0.39, 0.29) is 0 Å². The first-order valence-electron chi connectivity index (χ1n) is 20.8. The van der Waals surface area contributed by atoms with E-state index in [1.807, 2.05) is 0 Å². The van der Waals surface area contributed by atoms with Crippen molar-refractivity contribution in [3.63, 3.8) is 0 Å². The molecule has 0 aliphatic heterocycles. The third-order valence-corrected chi connectivity index (χ3v) is 9.48. The van der Waals surface area contributed by atoms with E-state index in [1.165, 1.54) is 128 Å². The van der Waals surface area contributed by atoms with Crippen LogP contribution in [0.3, 0.4) is 0 Å². The van der Waals surface area contributed by atoms with Gasteiger partial charge in [-0.25, -0.2) is 9.59 Å². The second-order valence-corrected chi connectivity index (χ2v) is 14.5. The summed E-state index contributed by atoms with van der Waals surface area (Å²) < 4.78 is 10.8. The van der Waals surface area contributed by atoms with Gasteiger partial charge in [-0.05, 0) is 97.0 Å². The Kier molecular flexibility index (Phi) is 30.9. The van der Waals surface area contributed by atoms with Gasteiger partial charge in [0.15, 0.2) is 0 Å². The van der Waals surface area contributed by atoms with Crippen molar-refractivity contribution < 1.29 is 19.1 Å². The van der Waals surface area contributed by atoms with E-state index in [1.54, 1.807) is 24.3 Å². The van der Waals surface area contributed by atoms with E-state index in [2.05, 4.69) is 48.4 Å². The minimum Gasteiger partial charge on any atom is -0.449 e. The maximum Gasteiger partial charge on any atom is 0.411 e. The quantitative estimate of drug-likeness (QED) is 0.0696. The number of carbonyl (C=O) groups is 2. The number of unbranched alkanes of at least 4 members (excludes halogenated alkanes) is 20. The Morgan fingerprint density at radius 3 is 1.12 bits per heavy atom. The molecule has 2 N–H and O–H groups in total. The van der Waals surface area contributed by atoms with Gasteiger partial charge in [0.05, 0.1) is 13.2 Å². The average molecular weight is 703 g/mol. The molecule has 1 aromatic carbocycles. The summed E-state index contributed by atoms with van der Waals surface area (Å²) in [6, 6.07) is 7.02. The van der Waals surface area contributed by atoms with Crippen LogP contribution in [0.2, 0.25) is 0 Å². The number of rotatable bonds is 34. The van der Waals surface area contributed by atoms with Crippen LogP contribution < -0.4 is 10.6 Å². The Hall–Kier alpha value is -2.32. The number of ether oxygens (including phenoxy) is 2. The van der Waals surface area contributed by atoms with Crippen molar-refractivity contribution in [1.29, 1.82) is 0 Å². The van der Waals surface area contributed by atoms with Crippen molar-refractivity contribution in [2.24, 2.45) is 0 Å². The van der Waals surface area contributed by atoms with Crippen molar-refractivity contribution in [2.45, 2.75) is 168 Å². The molecule has 0 aliphatic carbocycles. The Labute approximate surface area is 308 Å². The van der Waals surface area contributed by atoms with Gasteiger partial charge in [0.1, 0.15) is 0 Å². The smallest absolute Gasteiger partial charge is 0.411 e. The monoisotopic (exact) mass is 703 g/mol. The summed E-state index contributed by atoms with van der Waals surface area (Å²) in [5.41, 5.74) is 1.13. The van der Waals surface area contributed by atoms with E-state index in [4.69, 9.17) is 9.47 Å². The van der Waals surface area contributed by atoms with Gasteiger partial charge in [-0.3, -0.25) is 10.6 Å². The van der Waals surface area contributed by atoms with Crippen LogP contribution in [0.4, 0.5) is 21.0 Å². The van der Waals surface area contributed by atoms with Gasteiger partial charge in [0.2, 0.25) is 0 Å².